The lowest BCUT2D eigenvalue weighted by molar-refractivity contribution is -0.131. The second-order valence-corrected chi connectivity index (χ2v) is 6.86. The van der Waals surface area contributed by atoms with Crippen LogP contribution in [0.3, 0.4) is 0 Å². The van der Waals surface area contributed by atoms with Gasteiger partial charge in [-0.3, -0.25) is 4.79 Å². The number of piperidine rings is 1. The fourth-order valence-corrected chi connectivity index (χ4v) is 3.16. The number of benzene rings is 2. The van der Waals surface area contributed by atoms with Crippen LogP contribution in [0.25, 0.3) is 0 Å². The van der Waals surface area contributed by atoms with Crippen LogP contribution in [0.1, 0.15) is 18.4 Å². The molecule has 2 aromatic rings. The van der Waals surface area contributed by atoms with Crippen molar-refractivity contribution >= 4 is 29.2 Å². The van der Waals surface area contributed by atoms with Crippen molar-refractivity contribution in [1.82, 2.24) is 10.2 Å². The number of hydrogen-bond donors (Lipinski definition) is 2. The number of carbonyl (C=O) groups excluding carboxylic acids is 2. The van der Waals surface area contributed by atoms with Gasteiger partial charge in [0.1, 0.15) is 0 Å². The van der Waals surface area contributed by atoms with E-state index in [9.17, 15) is 9.59 Å². The molecule has 3 rings (SSSR count). The van der Waals surface area contributed by atoms with Crippen molar-refractivity contribution in [3.05, 3.63) is 65.2 Å². The molecule has 1 aliphatic rings. The van der Waals surface area contributed by atoms with Crippen LogP contribution in [0.2, 0.25) is 5.02 Å². The summed E-state index contributed by atoms with van der Waals surface area (Å²) in [5, 5.41) is 6.47. The van der Waals surface area contributed by atoms with E-state index in [0.717, 1.165) is 24.1 Å². The van der Waals surface area contributed by atoms with Gasteiger partial charge in [0.2, 0.25) is 5.91 Å². The van der Waals surface area contributed by atoms with Gasteiger partial charge in [0.25, 0.3) is 0 Å². The lowest BCUT2D eigenvalue weighted by Crippen LogP contribution is -2.47. The van der Waals surface area contributed by atoms with Crippen molar-refractivity contribution in [2.75, 3.05) is 18.4 Å². The van der Waals surface area contributed by atoms with E-state index >= 15 is 0 Å². The zero-order valence-corrected chi connectivity index (χ0v) is 15.2. The van der Waals surface area contributed by atoms with E-state index in [1.54, 1.807) is 12.1 Å². The molecule has 3 amide bonds. The molecule has 0 aromatic heterocycles. The van der Waals surface area contributed by atoms with Crippen molar-refractivity contribution in [3.8, 4) is 0 Å². The predicted octanol–water partition coefficient (Wildman–Crippen LogP) is 3.70. The third-order valence-corrected chi connectivity index (χ3v) is 4.74. The zero-order valence-electron chi connectivity index (χ0n) is 14.5. The Kier molecular flexibility index (Phi) is 6.12. The molecule has 26 heavy (non-hydrogen) atoms. The highest BCUT2D eigenvalue weighted by atomic mass is 35.5. The second-order valence-electron chi connectivity index (χ2n) is 6.42. The van der Waals surface area contributed by atoms with Gasteiger partial charge in [0, 0.05) is 29.8 Å². The topological polar surface area (TPSA) is 61.4 Å². The normalized spacial score (nSPS) is 14.7. The molecule has 1 fully saturated rings. The average molecular weight is 372 g/mol. The summed E-state index contributed by atoms with van der Waals surface area (Å²) in [5.41, 5.74) is 1.72. The summed E-state index contributed by atoms with van der Waals surface area (Å²) < 4.78 is 0. The summed E-state index contributed by atoms with van der Waals surface area (Å²) in [6.45, 7) is 1.31. The number of amides is 3. The number of anilines is 1. The molecule has 0 atom stereocenters. The molecule has 1 saturated heterocycles. The van der Waals surface area contributed by atoms with Gasteiger partial charge in [0.05, 0.1) is 6.42 Å². The van der Waals surface area contributed by atoms with Crippen LogP contribution in [0.5, 0.6) is 0 Å². The number of halogens is 1. The van der Waals surface area contributed by atoms with Crippen molar-refractivity contribution in [3.63, 3.8) is 0 Å². The first-order valence-corrected chi connectivity index (χ1v) is 9.13. The van der Waals surface area contributed by atoms with E-state index in [4.69, 9.17) is 11.6 Å². The molecule has 0 unspecified atom stereocenters. The summed E-state index contributed by atoms with van der Waals surface area (Å²) >= 11 is 5.87. The molecule has 2 N–H and O–H groups in total. The largest absolute Gasteiger partial charge is 0.342 e. The minimum absolute atomic E-state index is 0.0818. The van der Waals surface area contributed by atoms with Gasteiger partial charge in [0.15, 0.2) is 0 Å². The van der Waals surface area contributed by atoms with Crippen LogP contribution in [-0.2, 0) is 11.2 Å². The molecule has 0 aliphatic carbocycles. The fraction of sp³-hybridized carbons (Fsp3) is 0.300. The Labute approximate surface area is 158 Å². The molecule has 0 spiro atoms. The lowest BCUT2D eigenvalue weighted by atomic mass is 10.0. The maximum absolute atomic E-state index is 12.4. The summed E-state index contributed by atoms with van der Waals surface area (Å²) in [7, 11) is 0. The Morgan fingerprint density at radius 1 is 1.00 bits per heavy atom. The zero-order chi connectivity index (χ0) is 18.4. The second kappa shape index (κ2) is 8.72. The third-order valence-electron chi connectivity index (χ3n) is 4.48. The highest BCUT2D eigenvalue weighted by Gasteiger charge is 2.23. The number of nitrogens with one attached hydrogen (secondary N) is 2. The Bertz CT molecular complexity index is 741. The van der Waals surface area contributed by atoms with Gasteiger partial charge < -0.3 is 15.5 Å². The van der Waals surface area contributed by atoms with E-state index in [1.807, 2.05) is 47.4 Å². The molecule has 136 valence electrons. The van der Waals surface area contributed by atoms with Gasteiger partial charge >= 0.3 is 6.03 Å². The van der Waals surface area contributed by atoms with Crippen LogP contribution in [0.4, 0.5) is 10.5 Å². The number of hydrogen-bond acceptors (Lipinski definition) is 2. The molecule has 5 nitrogen and oxygen atoms in total. The Hall–Kier alpha value is -2.53. The summed E-state index contributed by atoms with van der Waals surface area (Å²) in [4.78, 5) is 26.3. The first-order valence-electron chi connectivity index (χ1n) is 8.75. The smallest absolute Gasteiger partial charge is 0.319 e. The highest BCUT2D eigenvalue weighted by molar-refractivity contribution is 6.30. The highest BCUT2D eigenvalue weighted by Crippen LogP contribution is 2.15. The van der Waals surface area contributed by atoms with Crippen LogP contribution in [0.15, 0.2) is 54.6 Å². The number of carbonyl (C=O) groups is 2. The third kappa shape index (κ3) is 5.23. The molecule has 2 aromatic carbocycles. The first kappa shape index (κ1) is 18.3. The van der Waals surface area contributed by atoms with Gasteiger partial charge in [-0.2, -0.15) is 0 Å². The van der Waals surface area contributed by atoms with Crippen molar-refractivity contribution in [2.24, 2.45) is 0 Å². The average Bonchev–Trinajstić information content (AvgIpc) is 2.65. The number of urea groups is 1. The van der Waals surface area contributed by atoms with E-state index < -0.39 is 0 Å². The maximum atomic E-state index is 12.4. The van der Waals surface area contributed by atoms with E-state index in [-0.39, 0.29) is 18.0 Å². The monoisotopic (exact) mass is 371 g/mol. The standard InChI is InChI=1S/C20H22ClN3O2/c21-16-8-6-15(7-9-16)14-19(25)24-12-10-18(11-13-24)23-20(26)22-17-4-2-1-3-5-17/h1-9,18H,10-14H2,(H2,22,23,26). The van der Waals surface area contributed by atoms with Crippen molar-refractivity contribution < 1.29 is 9.59 Å². The number of para-hydroxylation sites is 1. The molecule has 6 heteroatoms. The van der Waals surface area contributed by atoms with Crippen LogP contribution < -0.4 is 10.6 Å². The van der Waals surface area contributed by atoms with Crippen molar-refractivity contribution in [2.45, 2.75) is 25.3 Å². The first-order chi connectivity index (χ1) is 12.6. The van der Waals surface area contributed by atoms with Gasteiger partial charge in [-0.25, -0.2) is 4.79 Å². The predicted molar refractivity (Wildman–Crippen MR) is 103 cm³/mol. The number of rotatable bonds is 4. The van der Waals surface area contributed by atoms with Gasteiger partial charge in [-0.15, -0.1) is 0 Å². The minimum atomic E-state index is -0.206. The Balaban J connectivity index is 1.42. The van der Waals surface area contributed by atoms with E-state index in [0.29, 0.717) is 24.5 Å². The molecular weight excluding hydrogens is 350 g/mol. The Morgan fingerprint density at radius 3 is 2.31 bits per heavy atom. The van der Waals surface area contributed by atoms with Crippen LogP contribution in [-0.4, -0.2) is 36.0 Å². The van der Waals surface area contributed by atoms with Crippen molar-refractivity contribution in [1.29, 1.82) is 0 Å². The van der Waals surface area contributed by atoms with E-state index in [2.05, 4.69) is 10.6 Å². The maximum Gasteiger partial charge on any atom is 0.319 e. The molecule has 0 radical (unpaired) electrons. The lowest BCUT2D eigenvalue weighted by Gasteiger charge is -2.32. The summed E-state index contributed by atoms with van der Waals surface area (Å²) in [6.07, 6.45) is 1.90. The number of nitrogens with zero attached hydrogens (tertiary/aromatic N) is 1. The summed E-state index contributed by atoms with van der Waals surface area (Å²) in [6, 6.07) is 16.6. The van der Waals surface area contributed by atoms with E-state index in [1.165, 1.54) is 0 Å². The number of likely N-dealkylation sites (tertiary alicyclic amines) is 1. The quantitative estimate of drug-likeness (QED) is 0.860. The van der Waals surface area contributed by atoms with Crippen LogP contribution in [0, 0.1) is 0 Å². The fourth-order valence-electron chi connectivity index (χ4n) is 3.04. The summed E-state index contributed by atoms with van der Waals surface area (Å²) in [5.74, 6) is 0.111. The SMILES string of the molecule is O=C(Nc1ccccc1)NC1CCN(C(=O)Cc2ccc(Cl)cc2)CC1. The molecule has 1 heterocycles. The molecule has 0 saturated carbocycles. The Morgan fingerprint density at radius 2 is 1.65 bits per heavy atom. The molecule has 1 aliphatic heterocycles. The van der Waals surface area contributed by atoms with Crippen LogP contribution >= 0.6 is 11.6 Å². The van der Waals surface area contributed by atoms with Gasteiger partial charge in [-0.1, -0.05) is 41.9 Å². The molecule has 0 bridgehead atoms. The minimum Gasteiger partial charge on any atom is -0.342 e. The molecular formula is C20H22ClN3O2. The van der Waals surface area contributed by atoms with Gasteiger partial charge in [-0.05, 0) is 42.7 Å².